The second-order valence-corrected chi connectivity index (χ2v) is 9.98. The summed E-state index contributed by atoms with van der Waals surface area (Å²) >= 11 is 1.67. The van der Waals surface area contributed by atoms with Crippen molar-refractivity contribution >= 4 is 17.2 Å². The van der Waals surface area contributed by atoms with Crippen LogP contribution in [0.3, 0.4) is 0 Å². The first-order valence-corrected chi connectivity index (χ1v) is 12.2. The number of aromatic nitrogens is 2. The van der Waals surface area contributed by atoms with Crippen LogP contribution in [0.15, 0.2) is 47.8 Å². The molecule has 0 radical (unpaired) electrons. The van der Waals surface area contributed by atoms with Gasteiger partial charge >= 0.3 is 6.18 Å². The van der Waals surface area contributed by atoms with E-state index < -0.39 is 11.7 Å². The Labute approximate surface area is 200 Å². The molecule has 0 saturated carbocycles. The summed E-state index contributed by atoms with van der Waals surface area (Å²) < 4.78 is 38.3. The molecule has 4 atom stereocenters. The average molecular weight is 487 g/mol. The van der Waals surface area contributed by atoms with Gasteiger partial charge in [0.1, 0.15) is 5.82 Å². The highest BCUT2D eigenvalue weighted by Crippen LogP contribution is 2.42. The van der Waals surface area contributed by atoms with E-state index in [9.17, 15) is 18.0 Å². The number of nitrogens with zero attached hydrogens (tertiary/aromatic N) is 3. The van der Waals surface area contributed by atoms with Crippen molar-refractivity contribution in [1.29, 1.82) is 0 Å². The van der Waals surface area contributed by atoms with E-state index in [-0.39, 0.29) is 17.5 Å². The van der Waals surface area contributed by atoms with Crippen molar-refractivity contribution in [3.8, 4) is 10.6 Å². The van der Waals surface area contributed by atoms with Crippen molar-refractivity contribution in [1.82, 2.24) is 20.2 Å². The van der Waals surface area contributed by atoms with Crippen LogP contribution in [0.2, 0.25) is 0 Å². The van der Waals surface area contributed by atoms with Gasteiger partial charge in [-0.25, -0.2) is 9.97 Å². The number of nitrogens with one attached hydrogen (secondary N) is 1. The minimum absolute atomic E-state index is 0.216. The molecule has 1 aromatic carbocycles. The Morgan fingerprint density at radius 1 is 1.21 bits per heavy atom. The number of halogens is 3. The summed E-state index contributed by atoms with van der Waals surface area (Å²) in [4.78, 5) is 25.4. The van der Waals surface area contributed by atoms with E-state index in [0.29, 0.717) is 18.4 Å². The van der Waals surface area contributed by atoms with Crippen molar-refractivity contribution in [2.24, 2.45) is 5.92 Å². The SMILES string of the molecule is Cc1nc(-c2cccs2)cc(C2CN3CCC2CC3CNC(=O)c2ccc(C(F)(F)F)cc2)n1. The second-order valence-electron chi connectivity index (χ2n) is 9.03. The van der Waals surface area contributed by atoms with Crippen molar-refractivity contribution in [2.45, 2.75) is 37.9 Å². The Hall–Kier alpha value is -2.78. The van der Waals surface area contributed by atoms with Crippen molar-refractivity contribution in [2.75, 3.05) is 19.6 Å². The van der Waals surface area contributed by atoms with Crippen LogP contribution in [-0.2, 0) is 6.18 Å². The normalized spacial score (nSPS) is 24.2. The summed E-state index contributed by atoms with van der Waals surface area (Å²) in [6, 6.07) is 10.8. The number of thiophene rings is 1. The van der Waals surface area contributed by atoms with Crippen LogP contribution in [-0.4, -0.2) is 46.5 Å². The minimum Gasteiger partial charge on any atom is -0.350 e. The third-order valence-corrected chi connectivity index (χ3v) is 7.75. The third-order valence-electron chi connectivity index (χ3n) is 6.86. The Morgan fingerprint density at radius 3 is 2.65 bits per heavy atom. The molecule has 1 amide bonds. The highest BCUT2D eigenvalue weighted by molar-refractivity contribution is 7.13. The predicted octanol–water partition coefficient (Wildman–Crippen LogP) is 5.14. The first-order valence-electron chi connectivity index (χ1n) is 11.4. The van der Waals surface area contributed by atoms with Gasteiger partial charge in [-0.15, -0.1) is 11.3 Å². The number of alkyl halides is 3. The molecule has 0 aliphatic carbocycles. The Bertz CT molecular complexity index is 1160. The van der Waals surface area contributed by atoms with Gasteiger partial charge in [-0.2, -0.15) is 13.2 Å². The highest BCUT2D eigenvalue weighted by atomic mass is 32.1. The number of aryl methyl sites for hydroxylation is 1. The summed E-state index contributed by atoms with van der Waals surface area (Å²) in [7, 11) is 0. The molecule has 3 aliphatic heterocycles. The molecular weight excluding hydrogens is 461 g/mol. The molecule has 3 aromatic rings. The van der Waals surface area contributed by atoms with Gasteiger partial charge in [0.05, 0.1) is 16.1 Å². The molecule has 4 unspecified atom stereocenters. The number of benzene rings is 1. The van der Waals surface area contributed by atoms with Crippen LogP contribution in [0, 0.1) is 12.8 Å². The monoisotopic (exact) mass is 486 g/mol. The molecule has 6 rings (SSSR count). The quantitative estimate of drug-likeness (QED) is 0.543. The fourth-order valence-corrected chi connectivity index (χ4v) is 5.83. The molecule has 178 valence electrons. The molecule has 3 aliphatic rings. The van der Waals surface area contributed by atoms with Gasteiger partial charge in [-0.3, -0.25) is 9.69 Å². The Kier molecular flexibility index (Phi) is 6.16. The highest BCUT2D eigenvalue weighted by Gasteiger charge is 2.41. The molecule has 2 aromatic heterocycles. The van der Waals surface area contributed by atoms with E-state index in [4.69, 9.17) is 4.98 Å². The molecular formula is C25H25F3N4OS. The lowest BCUT2D eigenvalue weighted by Crippen LogP contribution is -2.56. The zero-order chi connectivity index (χ0) is 23.9. The topological polar surface area (TPSA) is 58.1 Å². The maximum atomic E-state index is 12.8. The van der Waals surface area contributed by atoms with E-state index in [1.54, 1.807) is 11.3 Å². The number of fused-ring (bicyclic) bond motifs is 3. The second kappa shape index (κ2) is 9.11. The van der Waals surface area contributed by atoms with Crippen LogP contribution < -0.4 is 5.32 Å². The third kappa shape index (κ3) is 4.72. The molecule has 5 heterocycles. The maximum absolute atomic E-state index is 12.8. The minimum atomic E-state index is -4.41. The van der Waals surface area contributed by atoms with Crippen molar-refractivity contribution in [3.05, 3.63) is 70.5 Å². The molecule has 0 spiro atoms. The largest absolute Gasteiger partial charge is 0.416 e. The van der Waals surface area contributed by atoms with Crippen LogP contribution in [0.4, 0.5) is 13.2 Å². The fraction of sp³-hybridized carbons (Fsp3) is 0.400. The standard InChI is InChI=1S/C25H25F3N4OS/c1-15-30-21(12-22(31-15)23-3-2-10-34-23)20-14-32-9-8-17(20)11-19(32)13-29-24(33)16-4-6-18(7-5-16)25(26,27)28/h2-7,10,12,17,19-20H,8-9,11,13-14H2,1H3,(H,29,33). The summed E-state index contributed by atoms with van der Waals surface area (Å²) in [5, 5.41) is 4.96. The summed E-state index contributed by atoms with van der Waals surface area (Å²) in [6.07, 6.45) is -2.37. The van der Waals surface area contributed by atoms with Crippen LogP contribution >= 0.6 is 11.3 Å². The van der Waals surface area contributed by atoms with E-state index in [0.717, 1.165) is 60.2 Å². The number of piperidine rings is 3. The zero-order valence-corrected chi connectivity index (χ0v) is 19.5. The van der Waals surface area contributed by atoms with Crippen LogP contribution in [0.25, 0.3) is 10.6 Å². The molecule has 34 heavy (non-hydrogen) atoms. The smallest absolute Gasteiger partial charge is 0.350 e. The van der Waals surface area contributed by atoms with Gasteiger partial charge in [-0.05, 0) is 74.0 Å². The number of amides is 1. The van der Waals surface area contributed by atoms with E-state index >= 15 is 0 Å². The van der Waals surface area contributed by atoms with Gasteiger partial charge in [0, 0.05) is 36.3 Å². The number of carbonyl (C=O) groups is 1. The molecule has 9 heteroatoms. The predicted molar refractivity (Wildman–Crippen MR) is 125 cm³/mol. The Morgan fingerprint density at radius 2 is 2.00 bits per heavy atom. The molecule has 2 bridgehead atoms. The lowest BCUT2D eigenvalue weighted by Gasteiger charge is -2.49. The van der Waals surface area contributed by atoms with Crippen molar-refractivity contribution in [3.63, 3.8) is 0 Å². The maximum Gasteiger partial charge on any atom is 0.416 e. The molecule has 5 nitrogen and oxygen atoms in total. The summed E-state index contributed by atoms with van der Waals surface area (Å²) in [6.45, 7) is 4.27. The summed E-state index contributed by atoms with van der Waals surface area (Å²) in [5.74, 6) is 1.23. The van der Waals surface area contributed by atoms with Gasteiger partial charge in [-0.1, -0.05) is 6.07 Å². The van der Waals surface area contributed by atoms with E-state index in [2.05, 4.69) is 27.3 Å². The molecule has 3 saturated heterocycles. The van der Waals surface area contributed by atoms with Crippen LogP contribution in [0.5, 0.6) is 0 Å². The zero-order valence-electron chi connectivity index (χ0n) is 18.7. The molecule has 3 fully saturated rings. The number of rotatable bonds is 5. The van der Waals surface area contributed by atoms with E-state index in [1.807, 2.05) is 18.4 Å². The number of hydrogen-bond donors (Lipinski definition) is 1. The van der Waals surface area contributed by atoms with Gasteiger partial charge < -0.3 is 5.32 Å². The average Bonchev–Trinajstić information content (AvgIpc) is 3.37. The van der Waals surface area contributed by atoms with Gasteiger partial charge in [0.25, 0.3) is 5.91 Å². The Balaban J connectivity index is 1.23. The molecule has 1 N–H and O–H groups in total. The lowest BCUT2D eigenvalue weighted by atomic mass is 9.74. The lowest BCUT2D eigenvalue weighted by molar-refractivity contribution is -0.137. The number of carbonyl (C=O) groups excluding carboxylic acids is 1. The first kappa shape index (κ1) is 23.0. The first-order chi connectivity index (χ1) is 16.3. The fourth-order valence-electron chi connectivity index (χ4n) is 5.14. The van der Waals surface area contributed by atoms with Gasteiger partial charge in [0.2, 0.25) is 0 Å². The van der Waals surface area contributed by atoms with E-state index in [1.165, 1.54) is 12.1 Å². The number of hydrogen-bond acceptors (Lipinski definition) is 5. The van der Waals surface area contributed by atoms with Crippen molar-refractivity contribution < 1.29 is 18.0 Å². The van der Waals surface area contributed by atoms with Gasteiger partial charge in [0.15, 0.2) is 0 Å². The summed E-state index contributed by atoms with van der Waals surface area (Å²) in [5.41, 5.74) is 1.53. The van der Waals surface area contributed by atoms with Crippen LogP contribution in [0.1, 0.15) is 46.2 Å².